The smallest absolute Gasteiger partial charge is 0.0693 e. The van der Waals surface area contributed by atoms with E-state index in [9.17, 15) is 0 Å². The van der Waals surface area contributed by atoms with Crippen LogP contribution >= 0.6 is 11.6 Å². The van der Waals surface area contributed by atoms with Crippen LogP contribution in [0.2, 0.25) is 5.02 Å². The lowest BCUT2D eigenvalue weighted by Crippen LogP contribution is -2.45. The Morgan fingerprint density at radius 3 is 2.63 bits per heavy atom. The average molecular weight is 282 g/mol. The molecule has 0 radical (unpaired) electrons. The third-order valence-electron chi connectivity index (χ3n) is 4.40. The van der Waals surface area contributed by atoms with Crippen molar-refractivity contribution in [2.45, 2.75) is 50.7 Å². The van der Waals surface area contributed by atoms with Crippen LogP contribution in [0.25, 0.3) is 0 Å². The summed E-state index contributed by atoms with van der Waals surface area (Å²) in [4.78, 5) is 0. The molecule has 0 aliphatic heterocycles. The van der Waals surface area contributed by atoms with E-state index in [1.807, 2.05) is 20.2 Å². The van der Waals surface area contributed by atoms with Crippen molar-refractivity contribution in [1.82, 2.24) is 5.32 Å². The molecular formula is C16H24ClNO. The van der Waals surface area contributed by atoms with E-state index in [2.05, 4.69) is 24.4 Å². The van der Waals surface area contributed by atoms with Crippen molar-refractivity contribution >= 4 is 11.6 Å². The number of benzene rings is 1. The predicted molar refractivity (Wildman–Crippen MR) is 80.9 cm³/mol. The lowest BCUT2D eigenvalue weighted by Gasteiger charge is -2.43. The van der Waals surface area contributed by atoms with Gasteiger partial charge in [-0.3, -0.25) is 0 Å². The Hall–Kier alpha value is -0.570. The van der Waals surface area contributed by atoms with E-state index >= 15 is 0 Å². The fourth-order valence-electron chi connectivity index (χ4n) is 2.87. The van der Waals surface area contributed by atoms with Crippen LogP contribution in [0.15, 0.2) is 18.2 Å². The molecule has 2 rings (SSSR count). The van der Waals surface area contributed by atoms with E-state index in [-0.39, 0.29) is 5.60 Å². The minimum absolute atomic E-state index is 0.102. The topological polar surface area (TPSA) is 21.3 Å². The van der Waals surface area contributed by atoms with Crippen LogP contribution < -0.4 is 5.32 Å². The van der Waals surface area contributed by atoms with Gasteiger partial charge < -0.3 is 10.1 Å². The van der Waals surface area contributed by atoms with Gasteiger partial charge in [-0.1, -0.05) is 23.7 Å². The van der Waals surface area contributed by atoms with Crippen molar-refractivity contribution in [2.24, 2.45) is 0 Å². The minimum Gasteiger partial charge on any atom is -0.378 e. The monoisotopic (exact) mass is 281 g/mol. The largest absolute Gasteiger partial charge is 0.378 e. The molecule has 1 N–H and O–H groups in total. The van der Waals surface area contributed by atoms with Gasteiger partial charge in [0.05, 0.1) is 5.60 Å². The molecule has 106 valence electrons. The fraction of sp³-hybridized carbons (Fsp3) is 0.625. The number of rotatable bonds is 6. The summed E-state index contributed by atoms with van der Waals surface area (Å²) >= 11 is 6.32. The quantitative estimate of drug-likeness (QED) is 0.858. The van der Waals surface area contributed by atoms with E-state index in [0.717, 1.165) is 17.9 Å². The highest BCUT2D eigenvalue weighted by Crippen LogP contribution is 2.39. The van der Waals surface area contributed by atoms with Crippen LogP contribution in [0, 0.1) is 6.92 Å². The number of hydrogen-bond donors (Lipinski definition) is 1. The van der Waals surface area contributed by atoms with Gasteiger partial charge in [-0.05, 0) is 63.3 Å². The predicted octanol–water partition coefficient (Wildman–Crippen LogP) is 3.74. The summed E-state index contributed by atoms with van der Waals surface area (Å²) in [6.07, 6.45) is 5.67. The lowest BCUT2D eigenvalue weighted by atomic mass is 9.75. The Morgan fingerprint density at radius 1 is 1.42 bits per heavy atom. The molecule has 0 saturated heterocycles. The van der Waals surface area contributed by atoms with E-state index in [1.165, 1.54) is 30.4 Å². The van der Waals surface area contributed by atoms with Crippen LogP contribution in [0.1, 0.15) is 36.8 Å². The highest BCUT2D eigenvalue weighted by Gasteiger charge is 2.38. The number of halogens is 1. The third-order valence-corrected chi connectivity index (χ3v) is 4.75. The maximum Gasteiger partial charge on any atom is 0.0693 e. The summed E-state index contributed by atoms with van der Waals surface area (Å²) in [6, 6.07) is 6.73. The summed E-state index contributed by atoms with van der Waals surface area (Å²) in [5.74, 6) is 0. The second kappa shape index (κ2) is 6.25. The zero-order valence-electron chi connectivity index (χ0n) is 12.1. The Morgan fingerprint density at radius 2 is 2.16 bits per heavy atom. The second-order valence-corrected chi connectivity index (χ2v) is 6.14. The van der Waals surface area contributed by atoms with Gasteiger partial charge in [0.1, 0.15) is 0 Å². The van der Waals surface area contributed by atoms with E-state index in [0.29, 0.717) is 6.04 Å². The van der Waals surface area contributed by atoms with Crippen LogP contribution in [0.3, 0.4) is 0 Å². The summed E-state index contributed by atoms with van der Waals surface area (Å²) in [6.45, 7) is 2.07. The molecule has 1 unspecified atom stereocenters. The van der Waals surface area contributed by atoms with E-state index < -0.39 is 0 Å². The van der Waals surface area contributed by atoms with Gasteiger partial charge >= 0.3 is 0 Å². The van der Waals surface area contributed by atoms with Crippen molar-refractivity contribution in [2.75, 3.05) is 14.2 Å². The van der Waals surface area contributed by atoms with Crippen molar-refractivity contribution in [3.63, 3.8) is 0 Å². The lowest BCUT2D eigenvalue weighted by molar-refractivity contribution is -0.0830. The SMILES string of the molecule is CNC(Cc1ccc(C)cc1Cl)CC1(OC)CCC1. The molecule has 1 aromatic rings. The number of methoxy groups -OCH3 is 1. The first kappa shape index (κ1) is 14.8. The van der Waals surface area contributed by atoms with Gasteiger partial charge in [-0.25, -0.2) is 0 Å². The zero-order chi connectivity index (χ0) is 13.9. The van der Waals surface area contributed by atoms with Crippen LogP contribution in [-0.4, -0.2) is 25.8 Å². The fourth-order valence-corrected chi connectivity index (χ4v) is 3.18. The standard InChI is InChI=1S/C16H24ClNO/c1-12-5-6-13(15(17)9-12)10-14(18-2)11-16(19-3)7-4-8-16/h5-6,9,14,18H,4,7-8,10-11H2,1-3H3. The molecule has 0 spiro atoms. The first-order valence-electron chi connectivity index (χ1n) is 7.06. The molecule has 3 heteroatoms. The van der Waals surface area contributed by atoms with Gasteiger partial charge in [-0.15, -0.1) is 0 Å². The number of nitrogens with one attached hydrogen (secondary N) is 1. The summed E-state index contributed by atoms with van der Waals surface area (Å²) in [5.41, 5.74) is 2.53. The van der Waals surface area contributed by atoms with Crippen LogP contribution in [-0.2, 0) is 11.2 Å². The van der Waals surface area contributed by atoms with Crippen molar-refractivity contribution in [1.29, 1.82) is 0 Å². The van der Waals surface area contributed by atoms with Crippen molar-refractivity contribution in [3.8, 4) is 0 Å². The molecule has 0 bridgehead atoms. The third kappa shape index (κ3) is 3.50. The van der Waals surface area contributed by atoms with Gasteiger partial charge in [0.2, 0.25) is 0 Å². The number of hydrogen-bond acceptors (Lipinski definition) is 2. The average Bonchev–Trinajstić information content (AvgIpc) is 2.35. The van der Waals surface area contributed by atoms with Gasteiger partial charge in [0, 0.05) is 18.2 Å². The van der Waals surface area contributed by atoms with Crippen LogP contribution in [0.5, 0.6) is 0 Å². The Kier molecular flexibility index (Phi) is 4.88. The Labute approximate surface area is 121 Å². The van der Waals surface area contributed by atoms with E-state index in [4.69, 9.17) is 16.3 Å². The highest BCUT2D eigenvalue weighted by atomic mass is 35.5. The second-order valence-electron chi connectivity index (χ2n) is 5.73. The molecular weight excluding hydrogens is 258 g/mol. The zero-order valence-corrected chi connectivity index (χ0v) is 12.9. The molecule has 1 aliphatic rings. The molecule has 2 nitrogen and oxygen atoms in total. The maximum absolute atomic E-state index is 6.32. The van der Waals surface area contributed by atoms with Crippen molar-refractivity contribution in [3.05, 3.63) is 34.3 Å². The molecule has 1 aromatic carbocycles. The molecule has 0 heterocycles. The molecule has 0 aromatic heterocycles. The maximum atomic E-state index is 6.32. The summed E-state index contributed by atoms with van der Waals surface area (Å²) < 4.78 is 5.72. The molecule has 0 amide bonds. The summed E-state index contributed by atoms with van der Waals surface area (Å²) in [5, 5.41) is 4.29. The first-order valence-corrected chi connectivity index (χ1v) is 7.44. The Bertz CT molecular complexity index is 423. The normalized spacial score (nSPS) is 18.9. The van der Waals surface area contributed by atoms with Gasteiger partial charge in [0.25, 0.3) is 0 Å². The number of likely N-dealkylation sites (N-methyl/N-ethyl adjacent to an activating group) is 1. The van der Waals surface area contributed by atoms with Crippen molar-refractivity contribution < 1.29 is 4.74 Å². The first-order chi connectivity index (χ1) is 9.08. The Balaban J connectivity index is 2.02. The van der Waals surface area contributed by atoms with Gasteiger partial charge in [0.15, 0.2) is 0 Å². The number of aryl methyl sites for hydroxylation is 1. The summed E-state index contributed by atoms with van der Waals surface area (Å²) in [7, 11) is 3.86. The molecule has 1 saturated carbocycles. The number of ether oxygens (including phenoxy) is 1. The molecule has 1 aliphatic carbocycles. The van der Waals surface area contributed by atoms with Crippen LogP contribution in [0.4, 0.5) is 0 Å². The minimum atomic E-state index is 0.102. The highest BCUT2D eigenvalue weighted by molar-refractivity contribution is 6.31. The van der Waals surface area contributed by atoms with Gasteiger partial charge in [-0.2, -0.15) is 0 Å². The molecule has 1 atom stereocenters. The molecule has 1 fully saturated rings. The van der Waals surface area contributed by atoms with E-state index in [1.54, 1.807) is 0 Å². The molecule has 19 heavy (non-hydrogen) atoms.